The standard InChI is InChI=1S/C20H32FN3O2.HI/c1-4-22-19(24-15-20(9-6-10-20)11-12-25-3)23-14-16(2)26-18-8-5-7-17(21)13-18;/h5,7-8,13,16H,4,6,9-12,14-15H2,1-3H3,(H2,22,23,24);1H. The Morgan fingerprint density at radius 2 is 2.11 bits per heavy atom. The maximum Gasteiger partial charge on any atom is 0.191 e. The van der Waals surface area contributed by atoms with Crippen LogP contribution in [0.25, 0.3) is 0 Å². The highest BCUT2D eigenvalue weighted by Crippen LogP contribution is 2.44. The molecule has 0 bridgehead atoms. The van der Waals surface area contributed by atoms with E-state index in [4.69, 9.17) is 14.5 Å². The molecule has 0 aromatic heterocycles. The van der Waals surface area contributed by atoms with E-state index in [2.05, 4.69) is 10.6 Å². The Bertz CT molecular complexity index is 582. The van der Waals surface area contributed by atoms with Gasteiger partial charge >= 0.3 is 0 Å². The lowest BCUT2D eigenvalue weighted by Crippen LogP contribution is -2.43. The number of methoxy groups -OCH3 is 1. The van der Waals surface area contributed by atoms with Crippen molar-refractivity contribution in [1.82, 2.24) is 10.6 Å². The van der Waals surface area contributed by atoms with Crippen LogP contribution in [0.2, 0.25) is 0 Å². The summed E-state index contributed by atoms with van der Waals surface area (Å²) in [5.74, 6) is 1.04. The van der Waals surface area contributed by atoms with E-state index < -0.39 is 0 Å². The minimum Gasteiger partial charge on any atom is -0.489 e. The van der Waals surface area contributed by atoms with Crippen molar-refractivity contribution in [3.63, 3.8) is 0 Å². The third-order valence-corrected chi connectivity index (χ3v) is 4.86. The second-order valence-corrected chi connectivity index (χ2v) is 7.06. The number of hydrogen-bond acceptors (Lipinski definition) is 3. The maximum absolute atomic E-state index is 13.2. The number of guanidine groups is 1. The van der Waals surface area contributed by atoms with E-state index >= 15 is 0 Å². The Morgan fingerprint density at radius 3 is 2.70 bits per heavy atom. The van der Waals surface area contributed by atoms with Crippen LogP contribution in [0.5, 0.6) is 5.75 Å². The Kier molecular flexibility index (Phi) is 11.0. The zero-order chi connectivity index (χ0) is 18.8. The van der Waals surface area contributed by atoms with E-state index in [1.54, 1.807) is 19.2 Å². The van der Waals surface area contributed by atoms with Crippen molar-refractivity contribution in [3.8, 4) is 5.75 Å². The summed E-state index contributed by atoms with van der Waals surface area (Å²) in [7, 11) is 1.75. The molecule has 7 heteroatoms. The van der Waals surface area contributed by atoms with E-state index in [1.165, 1.54) is 31.4 Å². The van der Waals surface area contributed by atoms with Gasteiger partial charge in [0, 0.05) is 32.9 Å². The van der Waals surface area contributed by atoms with E-state index in [9.17, 15) is 4.39 Å². The fourth-order valence-electron chi connectivity index (χ4n) is 3.13. The number of halogens is 2. The number of benzene rings is 1. The molecule has 0 heterocycles. The van der Waals surface area contributed by atoms with Gasteiger partial charge in [-0.15, -0.1) is 24.0 Å². The van der Waals surface area contributed by atoms with Crippen molar-refractivity contribution < 1.29 is 13.9 Å². The monoisotopic (exact) mass is 493 g/mol. The maximum atomic E-state index is 13.2. The molecule has 1 aromatic carbocycles. The van der Waals surface area contributed by atoms with Crippen LogP contribution in [-0.4, -0.2) is 45.4 Å². The molecule has 0 spiro atoms. The predicted molar refractivity (Wildman–Crippen MR) is 119 cm³/mol. The first-order valence-corrected chi connectivity index (χ1v) is 9.50. The summed E-state index contributed by atoms with van der Waals surface area (Å²) < 4.78 is 24.2. The zero-order valence-electron chi connectivity index (χ0n) is 16.6. The fourth-order valence-corrected chi connectivity index (χ4v) is 3.13. The topological polar surface area (TPSA) is 54.9 Å². The Morgan fingerprint density at radius 1 is 1.33 bits per heavy atom. The molecule has 1 aliphatic carbocycles. The molecule has 1 aromatic rings. The van der Waals surface area contributed by atoms with Crippen LogP contribution in [0, 0.1) is 11.2 Å². The molecule has 0 amide bonds. The van der Waals surface area contributed by atoms with Crippen molar-refractivity contribution in [3.05, 3.63) is 30.1 Å². The molecule has 0 radical (unpaired) electrons. The average molecular weight is 493 g/mol. The van der Waals surface area contributed by atoms with Crippen LogP contribution in [0.15, 0.2) is 29.3 Å². The number of rotatable bonds is 10. The molecular weight excluding hydrogens is 460 g/mol. The van der Waals surface area contributed by atoms with E-state index in [-0.39, 0.29) is 35.9 Å². The molecule has 1 unspecified atom stereocenters. The minimum absolute atomic E-state index is 0. The molecule has 154 valence electrons. The third-order valence-electron chi connectivity index (χ3n) is 4.86. The van der Waals surface area contributed by atoms with Crippen LogP contribution in [0.3, 0.4) is 0 Å². The smallest absolute Gasteiger partial charge is 0.191 e. The zero-order valence-corrected chi connectivity index (χ0v) is 18.9. The molecule has 0 aliphatic heterocycles. The van der Waals surface area contributed by atoms with Crippen LogP contribution >= 0.6 is 24.0 Å². The number of aliphatic imine (C=N–C) groups is 1. The number of hydrogen-bond donors (Lipinski definition) is 2. The largest absolute Gasteiger partial charge is 0.489 e. The molecule has 2 N–H and O–H groups in total. The first-order chi connectivity index (χ1) is 12.6. The predicted octanol–water partition coefficient (Wildman–Crippen LogP) is 3.97. The average Bonchev–Trinajstić information content (AvgIpc) is 2.58. The Labute approximate surface area is 179 Å². The molecule has 1 atom stereocenters. The summed E-state index contributed by atoms with van der Waals surface area (Å²) in [5.41, 5.74) is 0.294. The molecule has 2 rings (SSSR count). The van der Waals surface area contributed by atoms with Crippen molar-refractivity contribution in [2.75, 3.05) is 33.4 Å². The molecule has 1 saturated carbocycles. The van der Waals surface area contributed by atoms with Gasteiger partial charge in [0.1, 0.15) is 17.7 Å². The lowest BCUT2D eigenvalue weighted by molar-refractivity contribution is 0.0778. The first-order valence-electron chi connectivity index (χ1n) is 9.50. The van der Waals surface area contributed by atoms with Gasteiger partial charge in [-0.1, -0.05) is 12.5 Å². The lowest BCUT2D eigenvalue weighted by atomic mass is 9.67. The fraction of sp³-hybridized carbons (Fsp3) is 0.650. The summed E-state index contributed by atoms with van der Waals surface area (Å²) in [6, 6.07) is 6.21. The molecule has 1 aliphatic rings. The highest BCUT2D eigenvalue weighted by molar-refractivity contribution is 14.0. The third kappa shape index (κ3) is 8.21. The van der Waals surface area contributed by atoms with Gasteiger partial charge in [0.2, 0.25) is 0 Å². The Balaban J connectivity index is 0.00000364. The molecule has 0 saturated heterocycles. The summed E-state index contributed by atoms with van der Waals surface area (Å²) in [5, 5.41) is 6.60. The van der Waals surface area contributed by atoms with E-state index in [0.29, 0.717) is 17.7 Å². The van der Waals surface area contributed by atoms with Gasteiger partial charge in [-0.05, 0) is 50.7 Å². The second-order valence-electron chi connectivity index (χ2n) is 7.06. The summed E-state index contributed by atoms with van der Waals surface area (Å²) in [6.07, 6.45) is 4.68. The molecule has 5 nitrogen and oxygen atoms in total. The van der Waals surface area contributed by atoms with Crippen LogP contribution in [0.1, 0.15) is 39.5 Å². The minimum atomic E-state index is -0.292. The van der Waals surface area contributed by atoms with Crippen molar-refractivity contribution in [2.24, 2.45) is 10.4 Å². The molecule has 1 fully saturated rings. The number of ether oxygens (including phenoxy) is 2. The quantitative estimate of drug-likeness (QED) is 0.294. The highest BCUT2D eigenvalue weighted by Gasteiger charge is 2.36. The first kappa shape index (κ1) is 23.9. The lowest BCUT2D eigenvalue weighted by Gasteiger charge is -2.40. The van der Waals surface area contributed by atoms with Crippen molar-refractivity contribution in [2.45, 2.75) is 45.6 Å². The van der Waals surface area contributed by atoms with E-state index in [0.717, 1.165) is 32.1 Å². The molecular formula is C20H33FIN3O2. The van der Waals surface area contributed by atoms with Gasteiger partial charge < -0.3 is 20.1 Å². The Hall–Kier alpha value is -1.09. The van der Waals surface area contributed by atoms with Crippen molar-refractivity contribution in [1.29, 1.82) is 0 Å². The SMILES string of the molecule is CCNC(=NCC1(CCOC)CCC1)NCC(C)Oc1cccc(F)c1.I. The van der Waals surface area contributed by atoms with Gasteiger partial charge in [0.25, 0.3) is 0 Å². The van der Waals surface area contributed by atoms with Crippen LogP contribution < -0.4 is 15.4 Å². The summed E-state index contributed by atoms with van der Waals surface area (Å²) >= 11 is 0. The van der Waals surface area contributed by atoms with Gasteiger partial charge in [-0.2, -0.15) is 0 Å². The van der Waals surface area contributed by atoms with Crippen molar-refractivity contribution >= 4 is 29.9 Å². The van der Waals surface area contributed by atoms with Crippen LogP contribution in [-0.2, 0) is 4.74 Å². The summed E-state index contributed by atoms with van der Waals surface area (Å²) in [4.78, 5) is 4.78. The summed E-state index contributed by atoms with van der Waals surface area (Å²) in [6.45, 7) is 6.99. The van der Waals surface area contributed by atoms with Gasteiger partial charge in [0.05, 0.1) is 6.54 Å². The van der Waals surface area contributed by atoms with Gasteiger partial charge in [0.15, 0.2) is 5.96 Å². The number of nitrogens with zero attached hydrogens (tertiary/aromatic N) is 1. The van der Waals surface area contributed by atoms with E-state index in [1.807, 2.05) is 13.8 Å². The normalized spacial score (nSPS) is 16.7. The van der Waals surface area contributed by atoms with Crippen LogP contribution in [0.4, 0.5) is 4.39 Å². The highest BCUT2D eigenvalue weighted by atomic mass is 127. The van der Waals surface area contributed by atoms with Gasteiger partial charge in [-0.3, -0.25) is 4.99 Å². The molecule has 27 heavy (non-hydrogen) atoms. The second kappa shape index (κ2) is 12.4. The van der Waals surface area contributed by atoms with Gasteiger partial charge in [-0.25, -0.2) is 4.39 Å². The number of nitrogens with one attached hydrogen (secondary N) is 2.